The van der Waals surface area contributed by atoms with Crippen LogP contribution in [0, 0.1) is 30.6 Å². The maximum Gasteiger partial charge on any atom is 0.340 e. The molecule has 4 rings (SSSR count). The van der Waals surface area contributed by atoms with Crippen molar-refractivity contribution in [2.75, 3.05) is 12.4 Å². The Balaban J connectivity index is 1.84. The van der Waals surface area contributed by atoms with Crippen molar-refractivity contribution in [2.45, 2.75) is 32.6 Å². The number of carbonyl (C=O) groups is 3. The molecular weight excluding hydrogens is 330 g/mol. The van der Waals surface area contributed by atoms with Crippen molar-refractivity contribution in [3.8, 4) is 0 Å². The van der Waals surface area contributed by atoms with E-state index in [4.69, 9.17) is 4.74 Å². The summed E-state index contributed by atoms with van der Waals surface area (Å²) in [5, 5.41) is 12.8. The van der Waals surface area contributed by atoms with E-state index < -0.39 is 23.8 Å². The molecule has 3 aliphatic rings. The molecule has 0 spiro atoms. The predicted molar refractivity (Wildman–Crippen MR) is 89.1 cm³/mol. The molecule has 1 aromatic heterocycles. The molecule has 2 N–H and O–H groups in total. The van der Waals surface area contributed by atoms with E-state index in [2.05, 4.69) is 5.32 Å². The van der Waals surface area contributed by atoms with Gasteiger partial charge in [-0.25, -0.2) is 4.79 Å². The molecule has 2 atom stereocenters. The van der Waals surface area contributed by atoms with Crippen LogP contribution < -0.4 is 5.32 Å². The Kier molecular flexibility index (Phi) is 4.62. The molecule has 0 aliphatic heterocycles. The third-order valence-corrected chi connectivity index (χ3v) is 6.27. The van der Waals surface area contributed by atoms with E-state index in [1.54, 1.807) is 6.07 Å². The number of methoxy groups -OCH3 is 1. The average molecular weight is 351 g/mol. The SMILES string of the molecule is COC(=O)c1cc(C)sc1NC(=O)[C@@H]1C2CCC(CC2)[C@H]1C(=O)O. The van der Waals surface area contributed by atoms with E-state index in [0.29, 0.717) is 10.6 Å². The number of anilines is 1. The van der Waals surface area contributed by atoms with Crippen molar-refractivity contribution in [2.24, 2.45) is 23.7 Å². The Morgan fingerprint density at radius 1 is 1.17 bits per heavy atom. The Morgan fingerprint density at radius 2 is 1.75 bits per heavy atom. The minimum atomic E-state index is -0.889. The van der Waals surface area contributed by atoms with Crippen LogP contribution in [0.15, 0.2) is 6.07 Å². The van der Waals surface area contributed by atoms with Gasteiger partial charge in [0.1, 0.15) is 5.00 Å². The zero-order valence-corrected chi connectivity index (χ0v) is 14.5. The highest BCUT2D eigenvalue weighted by Crippen LogP contribution is 2.49. The highest BCUT2D eigenvalue weighted by atomic mass is 32.1. The second-order valence-corrected chi connectivity index (χ2v) is 7.90. The van der Waals surface area contributed by atoms with Gasteiger partial charge in [0.2, 0.25) is 5.91 Å². The molecular formula is C17H21NO5S. The van der Waals surface area contributed by atoms with E-state index in [1.807, 2.05) is 6.92 Å². The largest absolute Gasteiger partial charge is 0.481 e. The van der Waals surface area contributed by atoms with Crippen LogP contribution in [0.1, 0.15) is 40.9 Å². The summed E-state index contributed by atoms with van der Waals surface area (Å²) in [6, 6.07) is 1.67. The lowest BCUT2D eigenvalue weighted by Crippen LogP contribution is -2.49. The quantitative estimate of drug-likeness (QED) is 0.814. The number of hydrogen-bond donors (Lipinski definition) is 2. The van der Waals surface area contributed by atoms with Crippen molar-refractivity contribution < 1.29 is 24.2 Å². The summed E-state index contributed by atoms with van der Waals surface area (Å²) in [7, 11) is 1.29. The molecule has 2 bridgehead atoms. The van der Waals surface area contributed by atoms with E-state index in [9.17, 15) is 19.5 Å². The van der Waals surface area contributed by atoms with E-state index in [1.165, 1.54) is 18.4 Å². The molecule has 3 saturated carbocycles. The topological polar surface area (TPSA) is 92.7 Å². The third-order valence-electron chi connectivity index (χ3n) is 5.30. The fourth-order valence-corrected chi connectivity index (χ4v) is 5.15. The lowest BCUT2D eigenvalue weighted by atomic mass is 9.58. The minimum absolute atomic E-state index is 0.0772. The van der Waals surface area contributed by atoms with Crippen molar-refractivity contribution in [3.63, 3.8) is 0 Å². The summed E-state index contributed by atoms with van der Waals surface area (Å²) >= 11 is 1.30. The standard InChI is InChI=1S/C17H21NO5S/c1-8-7-11(17(22)23-2)15(24-8)18-14(19)12-9-3-5-10(6-4-9)13(12)16(20)21/h7,9-10,12-13H,3-6H2,1-2H3,(H,18,19)(H,20,21)/t9?,10?,12-,13-/m1/s1. The number of carboxylic acid groups (broad SMARTS) is 1. The van der Waals surface area contributed by atoms with Gasteiger partial charge in [-0.2, -0.15) is 0 Å². The van der Waals surface area contributed by atoms with Crippen molar-refractivity contribution in [1.82, 2.24) is 0 Å². The molecule has 1 heterocycles. The number of esters is 1. The van der Waals surface area contributed by atoms with Gasteiger partial charge in [-0.05, 0) is 50.5 Å². The smallest absolute Gasteiger partial charge is 0.340 e. The number of rotatable bonds is 4. The number of ether oxygens (including phenoxy) is 1. The molecule has 0 aromatic carbocycles. The monoisotopic (exact) mass is 351 g/mol. The number of nitrogens with one attached hydrogen (secondary N) is 1. The van der Waals surface area contributed by atoms with Crippen molar-refractivity contribution in [1.29, 1.82) is 0 Å². The molecule has 0 radical (unpaired) electrons. The Hall–Kier alpha value is -1.89. The normalized spacial score (nSPS) is 28.4. The molecule has 3 aliphatic carbocycles. The maximum absolute atomic E-state index is 12.8. The number of aliphatic carboxylic acids is 1. The van der Waals surface area contributed by atoms with Crippen LogP contribution in [-0.2, 0) is 14.3 Å². The summed E-state index contributed by atoms with van der Waals surface area (Å²) in [6.45, 7) is 1.84. The molecule has 130 valence electrons. The lowest BCUT2D eigenvalue weighted by molar-refractivity contribution is -0.156. The van der Waals surface area contributed by atoms with Gasteiger partial charge in [0, 0.05) is 4.88 Å². The summed E-state index contributed by atoms with van der Waals surface area (Å²) in [4.78, 5) is 37.2. The number of carboxylic acids is 1. The van der Waals surface area contributed by atoms with Crippen LogP contribution >= 0.6 is 11.3 Å². The zero-order valence-electron chi connectivity index (χ0n) is 13.7. The summed E-state index contributed by atoms with van der Waals surface area (Å²) < 4.78 is 4.75. The molecule has 0 unspecified atom stereocenters. The van der Waals surface area contributed by atoms with Gasteiger partial charge in [0.15, 0.2) is 0 Å². The van der Waals surface area contributed by atoms with Gasteiger partial charge in [-0.15, -0.1) is 11.3 Å². The fourth-order valence-electron chi connectivity index (χ4n) is 4.25. The number of aryl methyl sites for hydroxylation is 1. The molecule has 1 aromatic rings. The van der Waals surface area contributed by atoms with Gasteiger partial charge >= 0.3 is 11.9 Å². The average Bonchev–Trinajstić information content (AvgIpc) is 2.94. The van der Waals surface area contributed by atoms with Gasteiger partial charge < -0.3 is 15.2 Å². The molecule has 7 heteroatoms. The number of amides is 1. The molecule has 1 amide bonds. The fraction of sp³-hybridized carbons (Fsp3) is 0.588. The van der Waals surface area contributed by atoms with Gasteiger partial charge in [-0.3, -0.25) is 9.59 Å². The second-order valence-electron chi connectivity index (χ2n) is 6.65. The first kappa shape index (κ1) is 17.0. The number of fused-ring (bicyclic) bond motifs is 3. The summed E-state index contributed by atoms with van der Waals surface area (Å²) in [5.74, 6) is -2.64. The predicted octanol–water partition coefficient (Wildman–Crippen LogP) is 2.92. The van der Waals surface area contributed by atoms with E-state index in [-0.39, 0.29) is 17.7 Å². The van der Waals surface area contributed by atoms with Crippen LogP contribution in [0.2, 0.25) is 0 Å². The van der Waals surface area contributed by atoms with Crippen molar-refractivity contribution >= 4 is 34.2 Å². The first-order valence-electron chi connectivity index (χ1n) is 8.14. The first-order valence-corrected chi connectivity index (χ1v) is 8.96. The van der Waals surface area contributed by atoms with Crippen LogP contribution in [0.4, 0.5) is 5.00 Å². The first-order chi connectivity index (χ1) is 11.4. The van der Waals surface area contributed by atoms with Gasteiger partial charge in [0.05, 0.1) is 24.5 Å². The van der Waals surface area contributed by atoms with Gasteiger partial charge in [-0.1, -0.05) is 0 Å². The molecule has 3 fully saturated rings. The molecule has 24 heavy (non-hydrogen) atoms. The van der Waals surface area contributed by atoms with E-state index in [0.717, 1.165) is 30.6 Å². The van der Waals surface area contributed by atoms with Crippen LogP contribution in [0.3, 0.4) is 0 Å². The number of thiophene rings is 1. The highest BCUT2D eigenvalue weighted by molar-refractivity contribution is 7.16. The number of carbonyl (C=O) groups excluding carboxylic acids is 2. The summed E-state index contributed by atoms with van der Waals surface area (Å²) in [6.07, 6.45) is 3.58. The maximum atomic E-state index is 12.8. The Labute approximate surface area is 144 Å². The van der Waals surface area contributed by atoms with Crippen LogP contribution in [-0.4, -0.2) is 30.1 Å². The number of hydrogen-bond acceptors (Lipinski definition) is 5. The van der Waals surface area contributed by atoms with Crippen LogP contribution in [0.5, 0.6) is 0 Å². The Morgan fingerprint density at radius 3 is 2.29 bits per heavy atom. The summed E-state index contributed by atoms with van der Waals surface area (Å²) in [5.41, 5.74) is 0.321. The highest BCUT2D eigenvalue weighted by Gasteiger charge is 2.50. The lowest BCUT2D eigenvalue weighted by Gasteiger charge is -2.45. The molecule has 0 saturated heterocycles. The van der Waals surface area contributed by atoms with Gasteiger partial charge in [0.25, 0.3) is 0 Å². The van der Waals surface area contributed by atoms with Crippen molar-refractivity contribution in [3.05, 3.63) is 16.5 Å². The molecule has 6 nitrogen and oxygen atoms in total. The van der Waals surface area contributed by atoms with Crippen LogP contribution in [0.25, 0.3) is 0 Å². The minimum Gasteiger partial charge on any atom is -0.481 e. The second kappa shape index (κ2) is 6.55. The third kappa shape index (κ3) is 2.92. The van der Waals surface area contributed by atoms with E-state index >= 15 is 0 Å². The Bertz CT molecular complexity index is 675. The zero-order chi connectivity index (χ0) is 17.4.